The van der Waals surface area contributed by atoms with E-state index in [2.05, 4.69) is 34.3 Å². The number of hydrogen-bond donors (Lipinski definition) is 1. The van der Waals surface area contributed by atoms with E-state index in [-0.39, 0.29) is 0 Å². The molecule has 0 spiro atoms. The van der Waals surface area contributed by atoms with Gasteiger partial charge in [-0.2, -0.15) is 5.26 Å². The fourth-order valence-electron chi connectivity index (χ4n) is 1.50. The Kier molecular flexibility index (Phi) is 5.30. The molecular formula is C12H18N4. The summed E-state index contributed by atoms with van der Waals surface area (Å²) in [6.07, 6.45) is 2.35. The van der Waals surface area contributed by atoms with Crippen molar-refractivity contribution < 1.29 is 0 Å². The Morgan fingerprint density at radius 2 is 2.38 bits per heavy atom. The van der Waals surface area contributed by atoms with Crippen molar-refractivity contribution in [2.75, 3.05) is 25.5 Å². The zero-order valence-electron chi connectivity index (χ0n) is 9.90. The minimum Gasteiger partial charge on any atom is -0.370 e. The van der Waals surface area contributed by atoms with E-state index < -0.39 is 0 Å². The van der Waals surface area contributed by atoms with E-state index in [0.717, 1.165) is 25.5 Å². The van der Waals surface area contributed by atoms with E-state index in [1.54, 1.807) is 6.20 Å². The number of aromatic nitrogens is 1. The van der Waals surface area contributed by atoms with Crippen molar-refractivity contribution in [2.24, 2.45) is 0 Å². The van der Waals surface area contributed by atoms with E-state index in [1.165, 1.54) is 5.56 Å². The lowest BCUT2D eigenvalue weighted by atomic mass is 10.2. The highest BCUT2D eigenvalue weighted by Crippen LogP contribution is 2.13. The molecule has 0 aliphatic carbocycles. The molecule has 1 rings (SSSR count). The fraction of sp³-hybridized carbons (Fsp3) is 0.500. The predicted molar refractivity (Wildman–Crippen MR) is 65.0 cm³/mol. The highest BCUT2D eigenvalue weighted by Gasteiger charge is 2.05. The van der Waals surface area contributed by atoms with Gasteiger partial charge in [0.2, 0.25) is 0 Å². The van der Waals surface area contributed by atoms with Crippen molar-refractivity contribution in [1.29, 1.82) is 5.26 Å². The van der Waals surface area contributed by atoms with E-state index in [9.17, 15) is 0 Å². The molecule has 0 bridgehead atoms. The molecule has 0 radical (unpaired) electrons. The number of pyridine rings is 1. The maximum Gasteiger partial charge on any atom is 0.130 e. The quantitative estimate of drug-likeness (QED) is 0.791. The SMILES string of the molecule is CCNc1ncccc1CN(C)CCC#N. The van der Waals surface area contributed by atoms with Gasteiger partial charge in [-0.15, -0.1) is 0 Å². The van der Waals surface area contributed by atoms with Crippen molar-refractivity contribution in [3.63, 3.8) is 0 Å². The van der Waals surface area contributed by atoms with Crippen molar-refractivity contribution in [3.8, 4) is 6.07 Å². The van der Waals surface area contributed by atoms with Gasteiger partial charge in [0.1, 0.15) is 5.82 Å². The van der Waals surface area contributed by atoms with Crippen LogP contribution in [0.15, 0.2) is 18.3 Å². The molecule has 0 fully saturated rings. The first kappa shape index (κ1) is 12.5. The summed E-state index contributed by atoms with van der Waals surface area (Å²) in [6, 6.07) is 6.15. The Hall–Kier alpha value is -1.60. The molecule has 1 heterocycles. The summed E-state index contributed by atoms with van der Waals surface area (Å²) in [7, 11) is 2.01. The smallest absolute Gasteiger partial charge is 0.130 e. The molecule has 1 aromatic rings. The zero-order chi connectivity index (χ0) is 11.8. The largest absolute Gasteiger partial charge is 0.370 e. The summed E-state index contributed by atoms with van der Waals surface area (Å²) in [4.78, 5) is 6.43. The van der Waals surface area contributed by atoms with Crippen LogP contribution in [0.25, 0.3) is 0 Å². The summed E-state index contributed by atoms with van der Waals surface area (Å²) in [5.41, 5.74) is 1.17. The molecule has 0 saturated heterocycles. The van der Waals surface area contributed by atoms with Gasteiger partial charge >= 0.3 is 0 Å². The average molecular weight is 218 g/mol. The topological polar surface area (TPSA) is 52.0 Å². The van der Waals surface area contributed by atoms with Gasteiger partial charge in [0, 0.05) is 37.8 Å². The van der Waals surface area contributed by atoms with E-state index in [4.69, 9.17) is 5.26 Å². The molecule has 4 nitrogen and oxygen atoms in total. The minimum atomic E-state index is 0.563. The van der Waals surface area contributed by atoms with Crippen LogP contribution in [0.1, 0.15) is 18.9 Å². The number of nitriles is 1. The third-order valence-electron chi connectivity index (χ3n) is 2.28. The third-order valence-corrected chi connectivity index (χ3v) is 2.28. The summed E-state index contributed by atoms with van der Waals surface area (Å²) in [5, 5.41) is 11.8. The highest BCUT2D eigenvalue weighted by molar-refractivity contribution is 5.43. The molecular weight excluding hydrogens is 200 g/mol. The predicted octanol–water partition coefficient (Wildman–Crippen LogP) is 1.86. The molecule has 0 amide bonds. The molecule has 1 N–H and O–H groups in total. The number of anilines is 1. The van der Waals surface area contributed by atoms with Gasteiger partial charge in [-0.05, 0) is 20.0 Å². The molecule has 0 saturated carbocycles. The monoisotopic (exact) mass is 218 g/mol. The van der Waals surface area contributed by atoms with Crippen LogP contribution in [0, 0.1) is 11.3 Å². The van der Waals surface area contributed by atoms with E-state index >= 15 is 0 Å². The summed E-state index contributed by atoms with van der Waals surface area (Å²) in [6.45, 7) is 4.53. The molecule has 0 aliphatic rings. The zero-order valence-corrected chi connectivity index (χ0v) is 9.90. The summed E-state index contributed by atoms with van der Waals surface area (Å²) < 4.78 is 0. The number of nitrogens with one attached hydrogen (secondary N) is 1. The Bertz CT molecular complexity index is 356. The Labute approximate surface area is 96.9 Å². The fourth-order valence-corrected chi connectivity index (χ4v) is 1.50. The van der Waals surface area contributed by atoms with Crippen LogP contribution >= 0.6 is 0 Å². The first-order valence-corrected chi connectivity index (χ1v) is 5.51. The molecule has 86 valence electrons. The first-order chi connectivity index (χ1) is 7.77. The van der Waals surface area contributed by atoms with Gasteiger partial charge in [-0.25, -0.2) is 4.98 Å². The second-order valence-electron chi connectivity index (χ2n) is 3.69. The third kappa shape index (κ3) is 3.87. The molecule has 4 heteroatoms. The molecule has 0 unspecified atom stereocenters. The van der Waals surface area contributed by atoms with Gasteiger partial charge in [-0.3, -0.25) is 0 Å². The highest BCUT2D eigenvalue weighted by atomic mass is 15.1. The van der Waals surface area contributed by atoms with Crippen molar-refractivity contribution in [3.05, 3.63) is 23.9 Å². The Morgan fingerprint density at radius 1 is 1.56 bits per heavy atom. The van der Waals surface area contributed by atoms with Gasteiger partial charge in [0.05, 0.1) is 6.07 Å². The maximum absolute atomic E-state index is 8.52. The van der Waals surface area contributed by atoms with Crippen LogP contribution in [0.4, 0.5) is 5.82 Å². The Balaban J connectivity index is 2.61. The van der Waals surface area contributed by atoms with Gasteiger partial charge in [0.15, 0.2) is 0 Å². The second kappa shape index (κ2) is 6.81. The van der Waals surface area contributed by atoms with Gasteiger partial charge in [0.25, 0.3) is 0 Å². The number of rotatable bonds is 6. The Morgan fingerprint density at radius 3 is 3.06 bits per heavy atom. The second-order valence-corrected chi connectivity index (χ2v) is 3.69. The van der Waals surface area contributed by atoms with Crippen molar-refractivity contribution in [1.82, 2.24) is 9.88 Å². The van der Waals surface area contributed by atoms with E-state index in [1.807, 2.05) is 13.1 Å². The lowest BCUT2D eigenvalue weighted by Crippen LogP contribution is -2.20. The average Bonchev–Trinajstić information content (AvgIpc) is 2.29. The normalized spacial score (nSPS) is 10.1. The van der Waals surface area contributed by atoms with Crippen molar-refractivity contribution >= 4 is 5.82 Å². The minimum absolute atomic E-state index is 0.563. The van der Waals surface area contributed by atoms with Gasteiger partial charge in [-0.1, -0.05) is 6.07 Å². The van der Waals surface area contributed by atoms with Crippen molar-refractivity contribution in [2.45, 2.75) is 19.9 Å². The van der Waals surface area contributed by atoms with Crippen LogP contribution < -0.4 is 5.32 Å². The number of nitrogens with zero attached hydrogens (tertiary/aromatic N) is 3. The van der Waals surface area contributed by atoms with E-state index in [0.29, 0.717) is 6.42 Å². The van der Waals surface area contributed by atoms with Crippen LogP contribution in [-0.2, 0) is 6.54 Å². The summed E-state index contributed by atoms with van der Waals surface area (Å²) >= 11 is 0. The molecule has 1 aromatic heterocycles. The molecule has 0 aromatic carbocycles. The standard InChI is InChI=1S/C12H18N4/c1-3-14-12-11(6-4-8-15-12)10-16(2)9-5-7-13/h4,6,8H,3,5,9-10H2,1-2H3,(H,14,15). The lowest BCUT2D eigenvalue weighted by Gasteiger charge is -2.17. The molecule has 0 aliphatic heterocycles. The van der Waals surface area contributed by atoms with Crippen LogP contribution in [0.3, 0.4) is 0 Å². The summed E-state index contributed by atoms with van der Waals surface area (Å²) in [5.74, 6) is 0.939. The molecule has 16 heavy (non-hydrogen) atoms. The molecule has 0 atom stereocenters. The van der Waals surface area contributed by atoms with Gasteiger partial charge < -0.3 is 10.2 Å². The van der Waals surface area contributed by atoms with Crippen LogP contribution in [0.2, 0.25) is 0 Å². The van der Waals surface area contributed by atoms with Crippen LogP contribution in [0.5, 0.6) is 0 Å². The number of hydrogen-bond acceptors (Lipinski definition) is 4. The maximum atomic E-state index is 8.52. The lowest BCUT2D eigenvalue weighted by molar-refractivity contribution is 0.335. The van der Waals surface area contributed by atoms with Crippen LogP contribution in [-0.4, -0.2) is 30.0 Å². The first-order valence-electron chi connectivity index (χ1n) is 5.51.